The molecule has 1 nitrogen and oxygen atoms in total. The van der Waals surface area contributed by atoms with Crippen molar-refractivity contribution in [1.29, 1.82) is 0 Å². The number of unbranched alkanes of at least 4 members (excludes halogenated alkanes) is 1. The van der Waals surface area contributed by atoms with Crippen molar-refractivity contribution in [3.05, 3.63) is 34.2 Å². The summed E-state index contributed by atoms with van der Waals surface area (Å²) >= 11 is -2.87. The van der Waals surface area contributed by atoms with Crippen molar-refractivity contribution in [3.8, 4) is 0 Å². The summed E-state index contributed by atoms with van der Waals surface area (Å²) in [6, 6.07) is 0. The Bertz CT molecular complexity index is 313. The Kier molecular flexibility index (Phi) is 5.37. The van der Waals surface area contributed by atoms with Crippen molar-refractivity contribution in [2.75, 3.05) is 6.61 Å². The molecule has 0 atom stereocenters. The molecule has 0 heterocycles. The number of aliphatic hydroxyl groups excluding tert-OH is 1. The van der Waals surface area contributed by atoms with Crippen LogP contribution in [0.4, 0.5) is 0 Å². The van der Waals surface area contributed by atoms with Gasteiger partial charge in [-0.2, -0.15) is 0 Å². The first-order valence-electron chi connectivity index (χ1n) is 6.60. The zero-order chi connectivity index (χ0) is 13.6. The van der Waals surface area contributed by atoms with Crippen LogP contribution in [0.5, 0.6) is 0 Å². The van der Waals surface area contributed by atoms with Gasteiger partial charge >= 0.3 is 68.4 Å². The van der Waals surface area contributed by atoms with Gasteiger partial charge in [0.1, 0.15) is 0 Å². The summed E-state index contributed by atoms with van der Waals surface area (Å²) in [6.07, 6.45) is 11.6. The van der Waals surface area contributed by atoms with E-state index in [0.29, 0.717) is 0 Å². The molecule has 0 bridgehead atoms. The van der Waals surface area contributed by atoms with Gasteiger partial charge in [0, 0.05) is 6.61 Å². The van der Waals surface area contributed by atoms with E-state index in [9.17, 15) is 0 Å². The van der Waals surface area contributed by atoms with Gasteiger partial charge in [-0.05, 0) is 12.8 Å². The monoisotopic (exact) mass is 406 g/mol. The third kappa shape index (κ3) is 7.88. The second-order valence-electron chi connectivity index (χ2n) is 8.73. The van der Waals surface area contributed by atoms with Crippen LogP contribution in [0, 0.1) is 0 Å². The van der Waals surface area contributed by atoms with Gasteiger partial charge in [0.05, 0.1) is 0 Å². The second-order valence-corrected chi connectivity index (χ2v) is 55.9. The molecule has 0 aromatic carbocycles. The first-order valence-corrected chi connectivity index (χ1v) is 26.4. The summed E-state index contributed by atoms with van der Waals surface area (Å²) in [5, 5.41) is 8.15. The summed E-state index contributed by atoms with van der Waals surface area (Å²) < 4.78 is 14.3. The fourth-order valence-corrected chi connectivity index (χ4v) is 9.04. The predicted octanol–water partition coefficient (Wildman–Crippen LogP) is 5.24. The van der Waals surface area contributed by atoms with E-state index >= 15 is 0 Å². The molecule has 0 saturated carbocycles. The molecule has 0 spiro atoms. The van der Waals surface area contributed by atoms with Gasteiger partial charge in [-0.3, -0.25) is 0 Å². The van der Waals surface area contributed by atoms with Crippen LogP contribution in [-0.4, -0.2) is 11.7 Å². The van der Waals surface area contributed by atoms with Gasteiger partial charge < -0.3 is 5.11 Å². The van der Waals surface area contributed by atoms with E-state index in [1.54, 1.807) is 9.41 Å². The number of allylic oxidation sites excluding steroid dienone is 5. The fraction of sp³-hybridized carbons (Fsp3) is 0.600. The van der Waals surface area contributed by atoms with E-state index in [0.717, 1.165) is 12.8 Å². The van der Waals surface area contributed by atoms with Crippen LogP contribution in [0.1, 0.15) is 19.3 Å². The Labute approximate surface area is 105 Å². The minimum absolute atomic E-state index is 0.284. The molecule has 2 heteroatoms. The summed E-state index contributed by atoms with van der Waals surface area (Å²) in [5.41, 5.74) is 0. The first-order chi connectivity index (χ1) is 7.51. The van der Waals surface area contributed by atoms with Gasteiger partial charge in [0.25, 0.3) is 0 Å². The van der Waals surface area contributed by atoms with E-state index in [1.807, 2.05) is 0 Å². The average molecular weight is 405 g/mol. The van der Waals surface area contributed by atoms with Crippen LogP contribution < -0.4 is 0 Å². The maximum atomic E-state index is 8.15. The zero-order valence-electron chi connectivity index (χ0n) is 12.3. The molecule has 0 aromatic heterocycles. The molecule has 1 aliphatic carbocycles. The van der Waals surface area contributed by atoms with Crippen LogP contribution in [0.25, 0.3) is 0 Å². The number of hydrogen-bond donors (Lipinski definition) is 1. The van der Waals surface area contributed by atoms with Crippen molar-refractivity contribution in [1.82, 2.24) is 0 Å². The fourth-order valence-electron chi connectivity index (χ4n) is 1.61. The Morgan fingerprint density at radius 2 is 1.88 bits per heavy atom. The van der Waals surface area contributed by atoms with Crippen molar-refractivity contribution in [2.45, 2.75) is 42.7 Å². The molecule has 1 N–H and O–H groups in total. The van der Waals surface area contributed by atoms with Crippen molar-refractivity contribution < 1.29 is 22.1 Å². The normalized spacial score (nSPS) is 18.6. The standard InChI is InChI=1S/C5H10O.C5H5.5CH3.Hf/c1-2-3-4-5-6;1-2-4-5-3-1;;;;;;/h2,6H,1,3-5H2;1-3H,4H2;5*1H3;. The van der Waals surface area contributed by atoms with Crippen molar-refractivity contribution in [3.63, 3.8) is 0 Å². The van der Waals surface area contributed by atoms with E-state index in [1.165, 1.54) is 6.42 Å². The molecule has 17 heavy (non-hydrogen) atoms. The Balaban J connectivity index is 0.000000366. The SMILES string of the molecule is C=CCCCO.[CH3][Hf]([CH3])([CH3])([CH3])([CH3])[C]1=CC=CC1. The van der Waals surface area contributed by atoms with Crippen molar-refractivity contribution in [2.24, 2.45) is 0 Å². The zero-order valence-corrected chi connectivity index (χ0v) is 15.9. The topological polar surface area (TPSA) is 20.2 Å². The molecule has 0 aromatic rings. The summed E-state index contributed by atoms with van der Waals surface area (Å²) in [5.74, 6) is 0. The Morgan fingerprint density at radius 3 is 2.06 bits per heavy atom. The van der Waals surface area contributed by atoms with Gasteiger partial charge in [-0.15, -0.1) is 6.58 Å². The molecule has 0 radical (unpaired) electrons. The van der Waals surface area contributed by atoms with Crippen LogP contribution in [0.2, 0.25) is 23.4 Å². The first kappa shape index (κ1) is 17.1. The van der Waals surface area contributed by atoms with Crippen LogP contribution in [-0.2, 0) is 17.0 Å². The molecule has 0 fully saturated rings. The molecule has 0 unspecified atom stereocenters. The quantitative estimate of drug-likeness (QED) is 0.386. The second kappa shape index (κ2) is 5.36. The molecule has 0 saturated heterocycles. The molecule has 1 rings (SSSR count). The number of rotatable bonds is 4. The molecule has 0 amide bonds. The Morgan fingerprint density at radius 1 is 1.29 bits per heavy atom. The van der Waals surface area contributed by atoms with Crippen LogP contribution >= 0.6 is 0 Å². The van der Waals surface area contributed by atoms with Gasteiger partial charge in [-0.1, -0.05) is 6.08 Å². The Hall–Kier alpha value is 0.0501. The van der Waals surface area contributed by atoms with Gasteiger partial charge in [0.15, 0.2) is 0 Å². The molecule has 100 valence electrons. The summed E-state index contributed by atoms with van der Waals surface area (Å²) in [6.45, 7) is 3.77. The minimum atomic E-state index is -2.87. The predicted molar refractivity (Wildman–Crippen MR) is 77.7 cm³/mol. The van der Waals surface area contributed by atoms with E-state index < -0.39 is 17.0 Å². The van der Waals surface area contributed by atoms with E-state index in [4.69, 9.17) is 5.11 Å². The van der Waals surface area contributed by atoms with E-state index in [-0.39, 0.29) is 6.61 Å². The van der Waals surface area contributed by atoms with E-state index in [2.05, 4.69) is 48.2 Å². The molecular formula is C15H30HfO. The average Bonchev–Trinajstić information content (AvgIpc) is 2.65. The summed E-state index contributed by atoms with van der Waals surface area (Å²) in [7, 11) is 0. The van der Waals surface area contributed by atoms with Gasteiger partial charge in [0.2, 0.25) is 0 Å². The molecule has 0 aliphatic heterocycles. The van der Waals surface area contributed by atoms with Gasteiger partial charge in [-0.25, -0.2) is 0 Å². The molecular weight excluding hydrogens is 375 g/mol. The number of aliphatic hydroxyl groups is 1. The molecule has 1 aliphatic rings. The van der Waals surface area contributed by atoms with Crippen LogP contribution in [0.15, 0.2) is 34.2 Å². The third-order valence-corrected chi connectivity index (χ3v) is 15.8. The summed E-state index contributed by atoms with van der Waals surface area (Å²) in [4.78, 5) is 0. The third-order valence-electron chi connectivity index (χ3n) is 2.94. The maximum absolute atomic E-state index is 8.15. The van der Waals surface area contributed by atoms with Crippen molar-refractivity contribution >= 4 is 0 Å². The number of hydrogen-bond acceptors (Lipinski definition) is 1. The van der Waals surface area contributed by atoms with Crippen LogP contribution in [0.3, 0.4) is 0 Å².